The van der Waals surface area contributed by atoms with E-state index in [0.717, 1.165) is 16.7 Å². The van der Waals surface area contributed by atoms with Crippen molar-refractivity contribution < 1.29 is 19.1 Å². The van der Waals surface area contributed by atoms with Crippen LogP contribution >= 0.6 is 0 Å². The number of nitrogens with one attached hydrogen (secondary N) is 1. The van der Waals surface area contributed by atoms with Crippen molar-refractivity contribution in [3.8, 4) is 0 Å². The molecule has 0 saturated carbocycles. The zero-order chi connectivity index (χ0) is 30.8. The normalized spacial score (nSPS) is 13.6. The Morgan fingerprint density at radius 2 is 1.37 bits per heavy atom. The van der Waals surface area contributed by atoms with Crippen LogP contribution in [0.3, 0.4) is 0 Å². The van der Waals surface area contributed by atoms with Gasteiger partial charge in [0.05, 0.1) is 19.2 Å². The molecule has 43 heavy (non-hydrogen) atoms. The van der Waals surface area contributed by atoms with Gasteiger partial charge in [-0.3, -0.25) is 4.90 Å². The first-order valence-corrected chi connectivity index (χ1v) is 14.4. The molecule has 226 valence electrons. The number of benzene rings is 3. The predicted octanol–water partition coefficient (Wildman–Crippen LogP) is 5.29. The van der Waals surface area contributed by atoms with Crippen LogP contribution in [0.15, 0.2) is 91.0 Å². The number of alkyl carbamates (subject to hydrolysis) is 1. The fraction of sp³-hybridized carbons (Fsp3) is 0.364. The molecule has 3 atom stereocenters. The van der Waals surface area contributed by atoms with E-state index in [1.807, 2.05) is 94.4 Å². The summed E-state index contributed by atoms with van der Waals surface area (Å²) in [4.78, 5) is 28.4. The smallest absolute Gasteiger partial charge is 0.407 e. The summed E-state index contributed by atoms with van der Waals surface area (Å²) in [5.74, 6) is -0.0525. The van der Waals surface area contributed by atoms with E-state index < -0.39 is 35.8 Å². The molecule has 1 amide bonds. The van der Waals surface area contributed by atoms with Crippen molar-refractivity contribution in [3.05, 3.63) is 114 Å². The monoisotopic (exact) mass is 584 g/mol. The third-order valence-electron chi connectivity index (χ3n) is 6.89. The van der Waals surface area contributed by atoms with Crippen molar-refractivity contribution in [2.45, 2.75) is 70.9 Å². The molecule has 0 spiro atoms. The second-order valence-corrected chi connectivity index (χ2v) is 11.5. The topological polar surface area (TPSA) is 111 Å². The molecule has 0 saturated heterocycles. The zero-order valence-electron chi connectivity index (χ0n) is 25.4. The zero-order valence-corrected chi connectivity index (χ0v) is 25.4. The number of hydrogen-bond acceptors (Lipinski definition) is 8. The first-order chi connectivity index (χ1) is 20.6. The molecule has 0 aliphatic heterocycles. The predicted molar refractivity (Wildman–Crippen MR) is 163 cm³/mol. The molecule has 0 fully saturated rings. The number of aromatic nitrogens is 4. The molecule has 10 nitrogen and oxygen atoms in total. The number of rotatable bonds is 12. The Bertz CT molecular complexity index is 1400. The van der Waals surface area contributed by atoms with Crippen molar-refractivity contribution in [1.82, 2.24) is 30.4 Å². The molecule has 0 aliphatic rings. The standard InChI is InChI=1S/C33H40N6O4/c1-24(34-32(41)43-33(2,3)4)29(38(22-26-17-11-7-12-18-26)23-27-19-13-8-14-20-27)30-35-36-37-39(30)28(31(40)42-5)21-25-15-9-6-10-16-25/h6-20,24,28-29H,21-23H2,1-5H3,(H,34,41)/t24-,28?,29?/m0/s1. The molecule has 0 bridgehead atoms. The minimum Gasteiger partial charge on any atom is -0.467 e. The summed E-state index contributed by atoms with van der Waals surface area (Å²) < 4.78 is 12.3. The highest BCUT2D eigenvalue weighted by molar-refractivity contribution is 5.74. The Morgan fingerprint density at radius 3 is 1.86 bits per heavy atom. The van der Waals surface area contributed by atoms with Crippen LogP contribution in [-0.4, -0.2) is 55.9 Å². The van der Waals surface area contributed by atoms with Crippen LogP contribution in [0.2, 0.25) is 0 Å². The lowest BCUT2D eigenvalue weighted by molar-refractivity contribution is -0.145. The maximum atomic E-state index is 13.2. The number of hydrogen-bond donors (Lipinski definition) is 1. The first kappa shape index (κ1) is 31.4. The minimum absolute atomic E-state index is 0.323. The van der Waals surface area contributed by atoms with E-state index in [1.165, 1.54) is 11.8 Å². The Hall–Kier alpha value is -4.57. The Balaban J connectivity index is 1.80. The minimum atomic E-state index is -0.830. The fourth-order valence-corrected chi connectivity index (χ4v) is 5.02. The summed E-state index contributed by atoms with van der Waals surface area (Å²) in [6.07, 6.45) is -0.235. The van der Waals surface area contributed by atoms with Gasteiger partial charge in [0.25, 0.3) is 0 Å². The summed E-state index contributed by atoms with van der Waals surface area (Å²) >= 11 is 0. The van der Waals surface area contributed by atoms with Crippen molar-refractivity contribution in [1.29, 1.82) is 0 Å². The largest absolute Gasteiger partial charge is 0.467 e. The van der Waals surface area contributed by atoms with E-state index in [-0.39, 0.29) is 0 Å². The Kier molecular flexibility index (Phi) is 10.6. The summed E-state index contributed by atoms with van der Waals surface area (Å²) in [7, 11) is 1.35. The van der Waals surface area contributed by atoms with Gasteiger partial charge in [-0.05, 0) is 54.8 Å². The highest BCUT2D eigenvalue weighted by Gasteiger charge is 2.37. The van der Waals surface area contributed by atoms with E-state index in [4.69, 9.17) is 9.47 Å². The third kappa shape index (κ3) is 8.96. The van der Waals surface area contributed by atoms with Gasteiger partial charge in [-0.15, -0.1) is 5.10 Å². The van der Waals surface area contributed by atoms with E-state index >= 15 is 0 Å². The lowest BCUT2D eigenvalue weighted by Crippen LogP contribution is -2.47. The highest BCUT2D eigenvalue weighted by atomic mass is 16.6. The second kappa shape index (κ2) is 14.6. The Labute approximate surface area is 253 Å². The first-order valence-electron chi connectivity index (χ1n) is 14.4. The van der Waals surface area contributed by atoms with Crippen molar-refractivity contribution in [2.24, 2.45) is 0 Å². The van der Waals surface area contributed by atoms with Crippen molar-refractivity contribution in [2.75, 3.05) is 7.11 Å². The molecule has 4 rings (SSSR count). The number of carbonyl (C=O) groups is 2. The maximum absolute atomic E-state index is 13.2. The van der Waals surface area contributed by atoms with Gasteiger partial charge < -0.3 is 14.8 Å². The number of ether oxygens (including phenoxy) is 2. The molecule has 4 aromatic rings. The van der Waals surface area contributed by atoms with E-state index in [2.05, 4.69) is 50.0 Å². The van der Waals surface area contributed by atoms with Crippen LogP contribution in [0.1, 0.15) is 62.3 Å². The molecule has 0 radical (unpaired) electrons. The lowest BCUT2D eigenvalue weighted by Gasteiger charge is -2.36. The average molecular weight is 585 g/mol. The van der Waals surface area contributed by atoms with Crippen molar-refractivity contribution in [3.63, 3.8) is 0 Å². The molecule has 3 aromatic carbocycles. The number of tetrazole rings is 1. The van der Waals surface area contributed by atoms with Crippen LogP contribution in [0.4, 0.5) is 4.79 Å². The number of nitrogens with zero attached hydrogens (tertiary/aromatic N) is 5. The third-order valence-corrected chi connectivity index (χ3v) is 6.89. The van der Waals surface area contributed by atoms with Crippen LogP contribution in [0, 0.1) is 0 Å². The summed E-state index contributed by atoms with van der Waals surface area (Å²) in [5, 5.41) is 15.8. The van der Waals surface area contributed by atoms with Gasteiger partial charge in [0.2, 0.25) is 0 Å². The van der Waals surface area contributed by atoms with E-state index in [0.29, 0.717) is 25.3 Å². The molecule has 10 heteroatoms. The van der Waals surface area contributed by atoms with Gasteiger partial charge in [-0.1, -0.05) is 91.0 Å². The summed E-state index contributed by atoms with van der Waals surface area (Å²) in [5.41, 5.74) is 2.39. The van der Waals surface area contributed by atoms with Crippen LogP contribution in [-0.2, 0) is 33.8 Å². The van der Waals surface area contributed by atoms with Gasteiger partial charge in [-0.2, -0.15) is 0 Å². The molecule has 1 heterocycles. The second-order valence-electron chi connectivity index (χ2n) is 11.5. The number of esters is 1. The quantitative estimate of drug-likeness (QED) is 0.224. The molecule has 2 unspecified atom stereocenters. The van der Waals surface area contributed by atoms with Crippen LogP contribution in [0.25, 0.3) is 0 Å². The van der Waals surface area contributed by atoms with Gasteiger partial charge >= 0.3 is 12.1 Å². The molecular weight excluding hydrogens is 544 g/mol. The molecule has 1 N–H and O–H groups in total. The van der Waals surface area contributed by atoms with E-state index in [9.17, 15) is 9.59 Å². The van der Waals surface area contributed by atoms with Crippen molar-refractivity contribution >= 4 is 12.1 Å². The average Bonchev–Trinajstić information content (AvgIpc) is 3.45. The lowest BCUT2D eigenvalue weighted by atomic mass is 10.0. The van der Waals surface area contributed by atoms with Gasteiger partial charge in [-0.25, -0.2) is 14.3 Å². The molecular formula is C33H40N6O4. The Morgan fingerprint density at radius 1 is 0.860 bits per heavy atom. The maximum Gasteiger partial charge on any atom is 0.407 e. The van der Waals surface area contributed by atoms with Crippen LogP contribution < -0.4 is 5.32 Å². The highest BCUT2D eigenvalue weighted by Crippen LogP contribution is 2.30. The van der Waals surface area contributed by atoms with Gasteiger partial charge in [0.15, 0.2) is 11.9 Å². The van der Waals surface area contributed by atoms with Gasteiger partial charge in [0, 0.05) is 19.5 Å². The number of methoxy groups -OCH3 is 1. The fourth-order valence-electron chi connectivity index (χ4n) is 5.02. The van der Waals surface area contributed by atoms with Crippen LogP contribution in [0.5, 0.6) is 0 Å². The summed E-state index contributed by atoms with van der Waals surface area (Å²) in [6, 6.07) is 27.8. The number of amides is 1. The summed E-state index contributed by atoms with van der Waals surface area (Å²) in [6.45, 7) is 8.38. The van der Waals surface area contributed by atoms with Gasteiger partial charge in [0.1, 0.15) is 5.60 Å². The molecule has 0 aliphatic carbocycles. The number of carbonyl (C=O) groups excluding carboxylic acids is 2. The SMILES string of the molecule is COC(=O)C(Cc1ccccc1)n1nnnc1C([C@H](C)NC(=O)OC(C)(C)C)N(Cc1ccccc1)Cc1ccccc1. The molecule has 1 aromatic heterocycles. The van der Waals surface area contributed by atoms with E-state index in [1.54, 1.807) is 0 Å².